The smallest absolute Gasteiger partial charge is 0.168 e. The molecule has 1 N–H and O–H groups in total. The summed E-state index contributed by atoms with van der Waals surface area (Å²) in [7, 11) is 1.68. The molecule has 0 atom stereocenters. The van der Waals surface area contributed by atoms with Crippen LogP contribution in [0.15, 0.2) is 48.9 Å². The highest BCUT2D eigenvalue weighted by atomic mass is 19.1. The van der Waals surface area contributed by atoms with Gasteiger partial charge in [-0.3, -0.25) is 14.8 Å². The van der Waals surface area contributed by atoms with Gasteiger partial charge in [-0.15, -0.1) is 0 Å². The van der Waals surface area contributed by atoms with Crippen LogP contribution in [0.4, 0.5) is 10.1 Å². The van der Waals surface area contributed by atoms with Gasteiger partial charge in [0.25, 0.3) is 0 Å². The van der Waals surface area contributed by atoms with E-state index in [9.17, 15) is 9.18 Å². The van der Waals surface area contributed by atoms with E-state index in [-0.39, 0.29) is 5.82 Å². The van der Waals surface area contributed by atoms with Crippen molar-refractivity contribution in [2.75, 3.05) is 12.4 Å². The van der Waals surface area contributed by atoms with Crippen molar-refractivity contribution in [2.24, 2.45) is 0 Å². The summed E-state index contributed by atoms with van der Waals surface area (Å²) in [6, 6.07) is 8.78. The van der Waals surface area contributed by atoms with Crippen molar-refractivity contribution in [3.05, 3.63) is 66.0 Å². The molecule has 0 saturated heterocycles. The Balaban J connectivity index is 2.10. The predicted octanol–water partition coefficient (Wildman–Crippen LogP) is 4.11. The van der Waals surface area contributed by atoms with Crippen LogP contribution in [0.5, 0.6) is 0 Å². The molecule has 2 aromatic heterocycles. The van der Waals surface area contributed by atoms with Crippen LogP contribution in [0.3, 0.4) is 0 Å². The molecule has 0 aliphatic carbocycles. The Kier molecular flexibility index (Phi) is 4.33. The molecule has 0 aliphatic rings. The monoisotopic (exact) mass is 321 g/mol. The van der Waals surface area contributed by atoms with Crippen molar-refractivity contribution in [1.29, 1.82) is 0 Å². The highest BCUT2D eigenvalue weighted by Crippen LogP contribution is 2.30. The van der Waals surface area contributed by atoms with E-state index >= 15 is 0 Å². The summed E-state index contributed by atoms with van der Waals surface area (Å²) in [5, 5.41) is 2.85. The summed E-state index contributed by atoms with van der Waals surface area (Å²) in [4.78, 5) is 19.2. The number of rotatable bonds is 4. The number of nitrogens with one attached hydrogen (secondary N) is 1. The second-order valence-corrected chi connectivity index (χ2v) is 5.45. The SMILES string of the molecule is CNc1cc(-c2cncc(-c3ccnc(C=O)c3)c2)c(C)cc1F. The third-order valence-electron chi connectivity index (χ3n) is 3.87. The first kappa shape index (κ1) is 15.8. The van der Waals surface area contributed by atoms with Crippen LogP contribution in [-0.2, 0) is 0 Å². The van der Waals surface area contributed by atoms with Gasteiger partial charge >= 0.3 is 0 Å². The van der Waals surface area contributed by atoms with Crippen LogP contribution in [-0.4, -0.2) is 23.3 Å². The molecule has 120 valence electrons. The van der Waals surface area contributed by atoms with Gasteiger partial charge in [-0.25, -0.2) is 4.39 Å². The summed E-state index contributed by atoms with van der Waals surface area (Å²) in [5.41, 5.74) is 5.14. The number of carbonyl (C=O) groups is 1. The maximum Gasteiger partial charge on any atom is 0.168 e. The lowest BCUT2D eigenvalue weighted by atomic mass is 9.98. The number of halogens is 1. The average molecular weight is 321 g/mol. The second kappa shape index (κ2) is 6.58. The number of nitrogens with zero attached hydrogens (tertiary/aromatic N) is 2. The lowest BCUT2D eigenvalue weighted by Crippen LogP contribution is -1.96. The average Bonchev–Trinajstić information content (AvgIpc) is 2.62. The minimum Gasteiger partial charge on any atom is -0.386 e. The number of pyridine rings is 2. The summed E-state index contributed by atoms with van der Waals surface area (Å²) in [6.45, 7) is 1.86. The molecule has 0 fully saturated rings. The fourth-order valence-electron chi connectivity index (χ4n) is 2.61. The highest BCUT2D eigenvalue weighted by molar-refractivity contribution is 5.79. The van der Waals surface area contributed by atoms with Gasteiger partial charge in [0.2, 0.25) is 0 Å². The number of benzene rings is 1. The van der Waals surface area contributed by atoms with Crippen LogP contribution in [0.25, 0.3) is 22.3 Å². The van der Waals surface area contributed by atoms with Crippen molar-refractivity contribution in [3.8, 4) is 22.3 Å². The van der Waals surface area contributed by atoms with Crippen molar-refractivity contribution in [3.63, 3.8) is 0 Å². The molecular formula is C19H16FN3O. The van der Waals surface area contributed by atoms with Gasteiger partial charge in [0.1, 0.15) is 11.5 Å². The Labute approximate surface area is 139 Å². The van der Waals surface area contributed by atoms with Gasteiger partial charge in [0, 0.05) is 36.8 Å². The van der Waals surface area contributed by atoms with E-state index in [0.717, 1.165) is 27.8 Å². The van der Waals surface area contributed by atoms with E-state index in [1.807, 2.05) is 19.1 Å². The molecule has 0 radical (unpaired) electrons. The predicted molar refractivity (Wildman–Crippen MR) is 92.5 cm³/mol. The molecule has 0 saturated carbocycles. The number of carbonyl (C=O) groups excluding carboxylic acids is 1. The molecule has 3 rings (SSSR count). The van der Waals surface area contributed by atoms with Crippen LogP contribution in [0, 0.1) is 12.7 Å². The first-order valence-corrected chi connectivity index (χ1v) is 7.47. The Morgan fingerprint density at radius 1 is 1.08 bits per heavy atom. The van der Waals surface area contributed by atoms with Crippen LogP contribution in [0.2, 0.25) is 0 Å². The fourth-order valence-corrected chi connectivity index (χ4v) is 2.61. The van der Waals surface area contributed by atoms with Crippen LogP contribution >= 0.6 is 0 Å². The third kappa shape index (κ3) is 3.01. The normalized spacial score (nSPS) is 10.5. The number of hydrogen-bond acceptors (Lipinski definition) is 4. The largest absolute Gasteiger partial charge is 0.386 e. The molecule has 3 aromatic rings. The van der Waals surface area contributed by atoms with E-state index in [4.69, 9.17) is 0 Å². The number of aryl methyl sites for hydroxylation is 1. The Bertz CT molecular complexity index is 909. The lowest BCUT2D eigenvalue weighted by molar-refractivity contribution is 0.111. The van der Waals surface area contributed by atoms with Crippen molar-refractivity contribution in [2.45, 2.75) is 6.92 Å². The Hall–Kier alpha value is -3.08. The second-order valence-electron chi connectivity index (χ2n) is 5.45. The summed E-state index contributed by atoms with van der Waals surface area (Å²) >= 11 is 0. The minimum absolute atomic E-state index is 0.285. The molecule has 5 heteroatoms. The van der Waals surface area contributed by atoms with Crippen molar-refractivity contribution in [1.82, 2.24) is 9.97 Å². The molecule has 0 aliphatic heterocycles. The Morgan fingerprint density at radius 3 is 2.62 bits per heavy atom. The summed E-state index contributed by atoms with van der Waals surface area (Å²) in [5.74, 6) is -0.285. The van der Waals surface area contributed by atoms with Crippen molar-refractivity contribution < 1.29 is 9.18 Å². The molecule has 24 heavy (non-hydrogen) atoms. The fraction of sp³-hybridized carbons (Fsp3) is 0.105. The molecule has 1 aromatic carbocycles. The quantitative estimate of drug-likeness (QED) is 0.735. The third-order valence-corrected chi connectivity index (χ3v) is 3.87. The molecule has 0 bridgehead atoms. The lowest BCUT2D eigenvalue weighted by Gasteiger charge is -2.11. The first-order chi connectivity index (χ1) is 11.6. The zero-order valence-electron chi connectivity index (χ0n) is 13.4. The van der Waals surface area contributed by atoms with Crippen LogP contribution in [0.1, 0.15) is 16.1 Å². The zero-order valence-corrected chi connectivity index (χ0v) is 13.4. The summed E-state index contributed by atoms with van der Waals surface area (Å²) < 4.78 is 13.9. The molecule has 2 heterocycles. The molecule has 0 amide bonds. The van der Waals surface area contributed by atoms with Crippen molar-refractivity contribution >= 4 is 12.0 Å². The standard InChI is InChI=1S/C19H16FN3O/c1-12-5-18(20)19(21-2)8-17(12)15-6-14(9-22-10-15)13-3-4-23-16(7-13)11-24/h3-11,21H,1-2H3. The van der Waals surface area contributed by atoms with Gasteiger partial charge in [-0.05, 0) is 53.9 Å². The minimum atomic E-state index is -0.285. The van der Waals surface area contributed by atoms with E-state index in [1.165, 1.54) is 6.07 Å². The number of hydrogen-bond donors (Lipinski definition) is 1. The number of aromatic nitrogens is 2. The molecule has 4 nitrogen and oxygen atoms in total. The number of aldehydes is 1. The summed E-state index contributed by atoms with van der Waals surface area (Å²) in [6.07, 6.45) is 5.77. The van der Waals surface area contributed by atoms with E-state index in [2.05, 4.69) is 15.3 Å². The van der Waals surface area contributed by atoms with Gasteiger partial charge < -0.3 is 5.32 Å². The van der Waals surface area contributed by atoms with Gasteiger partial charge in [0.05, 0.1) is 5.69 Å². The number of anilines is 1. The molecular weight excluding hydrogens is 305 g/mol. The zero-order chi connectivity index (χ0) is 17.1. The van der Waals surface area contributed by atoms with E-state index < -0.39 is 0 Å². The van der Waals surface area contributed by atoms with Crippen LogP contribution < -0.4 is 5.32 Å². The van der Waals surface area contributed by atoms with Gasteiger partial charge in [-0.2, -0.15) is 0 Å². The maximum absolute atomic E-state index is 13.9. The van der Waals surface area contributed by atoms with Gasteiger partial charge in [0.15, 0.2) is 6.29 Å². The molecule has 0 unspecified atom stereocenters. The topological polar surface area (TPSA) is 54.9 Å². The highest BCUT2D eigenvalue weighted by Gasteiger charge is 2.10. The first-order valence-electron chi connectivity index (χ1n) is 7.47. The Morgan fingerprint density at radius 2 is 1.88 bits per heavy atom. The molecule has 0 spiro atoms. The maximum atomic E-state index is 13.9. The van der Waals surface area contributed by atoms with E-state index in [1.54, 1.807) is 37.8 Å². The van der Waals surface area contributed by atoms with E-state index in [0.29, 0.717) is 17.7 Å². The van der Waals surface area contributed by atoms with Gasteiger partial charge in [-0.1, -0.05) is 0 Å².